The van der Waals surface area contributed by atoms with Crippen molar-refractivity contribution in [3.63, 3.8) is 0 Å². The van der Waals surface area contributed by atoms with Crippen molar-refractivity contribution in [1.29, 1.82) is 0 Å². The SMILES string of the molecule is CCN(CC)C1CCN(CC(=O)N2CCCc3cc(S(=O)(=O)N4CCCC4)ccc32)C1. The van der Waals surface area contributed by atoms with Crippen molar-refractivity contribution in [1.82, 2.24) is 14.1 Å². The van der Waals surface area contributed by atoms with Gasteiger partial charge in [-0.25, -0.2) is 8.42 Å². The van der Waals surface area contributed by atoms with E-state index < -0.39 is 10.0 Å². The highest BCUT2D eigenvalue weighted by molar-refractivity contribution is 7.89. The Morgan fingerprint density at radius 2 is 1.81 bits per heavy atom. The lowest BCUT2D eigenvalue weighted by atomic mass is 10.0. The number of carbonyl (C=O) groups is 1. The van der Waals surface area contributed by atoms with E-state index in [2.05, 4.69) is 23.6 Å². The zero-order valence-electron chi connectivity index (χ0n) is 18.9. The van der Waals surface area contributed by atoms with Gasteiger partial charge in [-0.05, 0) is 69.0 Å². The van der Waals surface area contributed by atoms with Gasteiger partial charge < -0.3 is 4.90 Å². The van der Waals surface area contributed by atoms with Crippen molar-refractivity contribution < 1.29 is 13.2 Å². The van der Waals surface area contributed by atoms with Crippen LogP contribution in [0.15, 0.2) is 23.1 Å². The molecule has 3 aliphatic rings. The Morgan fingerprint density at radius 3 is 2.52 bits per heavy atom. The molecule has 1 atom stereocenters. The van der Waals surface area contributed by atoms with Crippen LogP contribution in [0.1, 0.15) is 45.1 Å². The molecule has 0 N–H and O–H groups in total. The number of likely N-dealkylation sites (tertiary alicyclic amines) is 1. The molecular weight excluding hydrogens is 412 g/mol. The van der Waals surface area contributed by atoms with Crippen LogP contribution in [0.3, 0.4) is 0 Å². The molecule has 2 saturated heterocycles. The molecule has 8 heteroatoms. The molecule has 0 radical (unpaired) electrons. The number of rotatable bonds is 7. The fraction of sp³-hybridized carbons (Fsp3) is 0.696. The van der Waals surface area contributed by atoms with Gasteiger partial charge in [-0.3, -0.25) is 14.6 Å². The van der Waals surface area contributed by atoms with Crippen LogP contribution in [-0.4, -0.2) is 86.8 Å². The number of aryl methyl sites for hydroxylation is 1. The van der Waals surface area contributed by atoms with Crippen LogP contribution < -0.4 is 4.90 Å². The van der Waals surface area contributed by atoms with Gasteiger partial charge in [0.2, 0.25) is 15.9 Å². The lowest BCUT2D eigenvalue weighted by molar-refractivity contribution is -0.119. The quantitative estimate of drug-likeness (QED) is 0.640. The molecule has 1 amide bonds. The van der Waals surface area contributed by atoms with Crippen molar-refractivity contribution in [2.75, 3.05) is 57.3 Å². The van der Waals surface area contributed by atoms with E-state index in [1.165, 1.54) is 0 Å². The monoisotopic (exact) mass is 448 g/mol. The molecule has 1 aromatic carbocycles. The summed E-state index contributed by atoms with van der Waals surface area (Å²) in [5.41, 5.74) is 1.86. The first kappa shape index (κ1) is 22.7. The summed E-state index contributed by atoms with van der Waals surface area (Å²) in [7, 11) is -3.43. The maximum Gasteiger partial charge on any atom is 0.243 e. The Morgan fingerprint density at radius 1 is 1.06 bits per heavy atom. The van der Waals surface area contributed by atoms with Crippen LogP contribution in [0.4, 0.5) is 5.69 Å². The molecule has 1 aromatic rings. The summed E-state index contributed by atoms with van der Waals surface area (Å²) in [5, 5.41) is 0. The third-order valence-corrected chi connectivity index (χ3v) is 9.00. The predicted octanol–water partition coefficient (Wildman–Crippen LogP) is 2.17. The summed E-state index contributed by atoms with van der Waals surface area (Å²) >= 11 is 0. The maximum atomic E-state index is 13.2. The normalized spacial score (nSPS) is 22.9. The highest BCUT2D eigenvalue weighted by Gasteiger charge is 2.32. The molecule has 3 heterocycles. The number of hydrogen-bond acceptors (Lipinski definition) is 5. The Bertz CT molecular complexity index is 894. The molecule has 4 rings (SSSR count). The first-order valence-electron chi connectivity index (χ1n) is 11.8. The first-order chi connectivity index (χ1) is 14.9. The largest absolute Gasteiger partial charge is 0.311 e. The van der Waals surface area contributed by atoms with E-state index >= 15 is 0 Å². The Balaban J connectivity index is 1.45. The van der Waals surface area contributed by atoms with Crippen molar-refractivity contribution in [3.8, 4) is 0 Å². The number of anilines is 1. The van der Waals surface area contributed by atoms with E-state index in [9.17, 15) is 13.2 Å². The number of sulfonamides is 1. The van der Waals surface area contributed by atoms with Crippen molar-refractivity contribution in [3.05, 3.63) is 23.8 Å². The van der Waals surface area contributed by atoms with Crippen LogP contribution in [0.2, 0.25) is 0 Å². The van der Waals surface area contributed by atoms with Gasteiger partial charge in [0.15, 0.2) is 0 Å². The smallest absolute Gasteiger partial charge is 0.243 e. The summed E-state index contributed by atoms with van der Waals surface area (Å²) in [6.45, 7) is 10.7. The fourth-order valence-corrected chi connectivity index (χ4v) is 6.91. The Kier molecular flexibility index (Phi) is 7.01. The van der Waals surface area contributed by atoms with Crippen LogP contribution in [0.25, 0.3) is 0 Å². The van der Waals surface area contributed by atoms with Crippen LogP contribution in [0, 0.1) is 0 Å². The molecule has 1 unspecified atom stereocenters. The molecule has 0 aromatic heterocycles. The van der Waals surface area contributed by atoms with E-state index in [1.54, 1.807) is 16.4 Å². The first-order valence-corrected chi connectivity index (χ1v) is 13.3. The Hall–Kier alpha value is -1.48. The second kappa shape index (κ2) is 9.57. The summed E-state index contributed by atoms with van der Waals surface area (Å²) in [6, 6.07) is 5.87. The highest BCUT2D eigenvalue weighted by Crippen LogP contribution is 2.31. The lowest BCUT2D eigenvalue weighted by Crippen LogP contribution is -2.43. The zero-order valence-corrected chi connectivity index (χ0v) is 19.7. The number of carbonyl (C=O) groups excluding carboxylic acids is 1. The molecule has 3 aliphatic heterocycles. The van der Waals surface area contributed by atoms with Gasteiger partial charge in [-0.2, -0.15) is 4.31 Å². The maximum absolute atomic E-state index is 13.2. The minimum absolute atomic E-state index is 0.122. The summed E-state index contributed by atoms with van der Waals surface area (Å²) in [4.78, 5) is 20.1. The van der Waals surface area contributed by atoms with E-state index in [0.29, 0.717) is 37.1 Å². The second-order valence-electron chi connectivity index (χ2n) is 8.95. The number of likely N-dealkylation sites (N-methyl/N-ethyl adjacent to an activating group) is 1. The number of fused-ring (bicyclic) bond motifs is 1. The van der Waals surface area contributed by atoms with Gasteiger partial charge in [0.05, 0.1) is 11.4 Å². The molecular formula is C23H36N4O3S. The Labute approximate surface area is 187 Å². The molecule has 0 aliphatic carbocycles. The van der Waals surface area contributed by atoms with E-state index in [-0.39, 0.29) is 5.91 Å². The molecule has 172 valence electrons. The average Bonchev–Trinajstić information content (AvgIpc) is 3.47. The predicted molar refractivity (Wildman–Crippen MR) is 123 cm³/mol. The minimum atomic E-state index is -3.43. The molecule has 0 bridgehead atoms. The standard InChI is InChI=1S/C23H36N4O3S/c1-3-25(4-2)20-11-15-24(17-20)18-23(28)27-14-7-8-19-16-21(9-10-22(19)27)31(29,30)26-12-5-6-13-26/h9-10,16,20H,3-8,11-15,17-18H2,1-2H3. The van der Waals surface area contributed by atoms with Gasteiger partial charge in [-0.15, -0.1) is 0 Å². The topological polar surface area (TPSA) is 64.2 Å². The molecule has 7 nitrogen and oxygen atoms in total. The van der Waals surface area contributed by atoms with Crippen molar-refractivity contribution >= 4 is 21.6 Å². The summed E-state index contributed by atoms with van der Waals surface area (Å²) in [5.74, 6) is 0.122. The number of hydrogen-bond donors (Lipinski definition) is 0. The third-order valence-electron chi connectivity index (χ3n) is 7.11. The average molecular weight is 449 g/mol. The van der Waals surface area contributed by atoms with Gasteiger partial charge >= 0.3 is 0 Å². The molecule has 0 spiro atoms. The summed E-state index contributed by atoms with van der Waals surface area (Å²) < 4.78 is 27.5. The van der Waals surface area contributed by atoms with E-state index in [4.69, 9.17) is 0 Å². The number of amides is 1. The summed E-state index contributed by atoms with van der Waals surface area (Å²) in [6.07, 6.45) is 4.66. The van der Waals surface area contributed by atoms with Crippen LogP contribution in [-0.2, 0) is 21.2 Å². The second-order valence-corrected chi connectivity index (χ2v) is 10.9. The van der Waals surface area contributed by atoms with Gasteiger partial charge in [-0.1, -0.05) is 13.8 Å². The van der Waals surface area contributed by atoms with Crippen LogP contribution in [0.5, 0.6) is 0 Å². The van der Waals surface area contributed by atoms with Gasteiger partial charge in [0.1, 0.15) is 0 Å². The highest BCUT2D eigenvalue weighted by atomic mass is 32.2. The molecule has 0 saturated carbocycles. The molecule has 31 heavy (non-hydrogen) atoms. The zero-order chi connectivity index (χ0) is 22.0. The third kappa shape index (κ3) is 4.67. The van der Waals surface area contributed by atoms with E-state index in [1.807, 2.05) is 11.0 Å². The van der Waals surface area contributed by atoms with Crippen molar-refractivity contribution in [2.24, 2.45) is 0 Å². The van der Waals surface area contributed by atoms with E-state index in [0.717, 1.165) is 69.5 Å². The van der Waals surface area contributed by atoms with Crippen LogP contribution >= 0.6 is 0 Å². The van der Waals surface area contributed by atoms with Crippen molar-refractivity contribution in [2.45, 2.75) is 56.9 Å². The minimum Gasteiger partial charge on any atom is -0.311 e. The van der Waals surface area contributed by atoms with Gasteiger partial charge in [0.25, 0.3) is 0 Å². The fourth-order valence-electron chi connectivity index (χ4n) is 5.34. The van der Waals surface area contributed by atoms with Gasteiger partial charge in [0, 0.05) is 44.5 Å². The molecule has 2 fully saturated rings. The lowest BCUT2D eigenvalue weighted by Gasteiger charge is -2.32. The number of nitrogens with zero attached hydrogens (tertiary/aromatic N) is 4. The number of benzene rings is 1.